The summed E-state index contributed by atoms with van der Waals surface area (Å²) in [6, 6.07) is 0. The number of nitrogens with zero attached hydrogens (tertiary/aromatic N) is 3. The largest absolute Gasteiger partial charge is 0.384 e. The van der Waals surface area contributed by atoms with Gasteiger partial charge in [-0.3, -0.25) is 0 Å². The standard InChI is InChI=1S/C8H10N4O/c1-13-3-2-7-11-6-4-9-5-10-8(6)12-7/h4-5H,2-3H2,1H3,(H,9,10,11,12). The SMILES string of the molecule is COCCc1nc2ncncc2[nH]1. The van der Waals surface area contributed by atoms with Crippen LogP contribution in [0.2, 0.25) is 0 Å². The van der Waals surface area contributed by atoms with Crippen molar-refractivity contribution in [3.8, 4) is 0 Å². The zero-order valence-corrected chi connectivity index (χ0v) is 7.32. The van der Waals surface area contributed by atoms with Gasteiger partial charge in [0, 0.05) is 13.5 Å². The smallest absolute Gasteiger partial charge is 0.180 e. The summed E-state index contributed by atoms with van der Waals surface area (Å²) >= 11 is 0. The van der Waals surface area contributed by atoms with Crippen LogP contribution < -0.4 is 0 Å². The molecule has 0 radical (unpaired) electrons. The van der Waals surface area contributed by atoms with E-state index in [4.69, 9.17) is 4.74 Å². The van der Waals surface area contributed by atoms with Crippen LogP contribution in [0, 0.1) is 0 Å². The van der Waals surface area contributed by atoms with Crippen molar-refractivity contribution in [3.63, 3.8) is 0 Å². The third kappa shape index (κ3) is 1.65. The maximum atomic E-state index is 4.95. The third-order valence-corrected chi connectivity index (χ3v) is 1.75. The van der Waals surface area contributed by atoms with Gasteiger partial charge in [-0.2, -0.15) is 0 Å². The fourth-order valence-corrected chi connectivity index (χ4v) is 1.13. The summed E-state index contributed by atoms with van der Waals surface area (Å²) in [5.74, 6) is 0.886. The molecule has 5 heteroatoms. The molecule has 0 atom stereocenters. The number of fused-ring (bicyclic) bond motifs is 1. The molecule has 0 fully saturated rings. The quantitative estimate of drug-likeness (QED) is 0.745. The van der Waals surface area contributed by atoms with Crippen molar-refractivity contribution in [3.05, 3.63) is 18.3 Å². The predicted molar refractivity (Wildman–Crippen MR) is 47.3 cm³/mol. The number of hydrogen-bond acceptors (Lipinski definition) is 4. The van der Waals surface area contributed by atoms with E-state index in [0.29, 0.717) is 12.3 Å². The Balaban J connectivity index is 2.28. The third-order valence-electron chi connectivity index (χ3n) is 1.75. The lowest BCUT2D eigenvalue weighted by Gasteiger charge is -1.92. The average molecular weight is 178 g/mol. The average Bonchev–Trinajstić information content (AvgIpc) is 2.57. The number of rotatable bonds is 3. The molecule has 0 saturated carbocycles. The molecule has 0 unspecified atom stereocenters. The van der Waals surface area contributed by atoms with E-state index in [1.807, 2.05) is 0 Å². The minimum absolute atomic E-state index is 0.660. The number of aromatic amines is 1. The molecule has 5 nitrogen and oxygen atoms in total. The van der Waals surface area contributed by atoms with Crippen LogP contribution in [0.15, 0.2) is 12.5 Å². The van der Waals surface area contributed by atoms with Gasteiger partial charge in [-0.25, -0.2) is 15.0 Å². The first-order chi connectivity index (χ1) is 6.40. The lowest BCUT2D eigenvalue weighted by Crippen LogP contribution is -1.95. The Hall–Kier alpha value is -1.49. The molecule has 2 aromatic heterocycles. The normalized spacial score (nSPS) is 10.8. The molecule has 0 amide bonds. The highest BCUT2D eigenvalue weighted by Crippen LogP contribution is 2.05. The Morgan fingerprint density at radius 1 is 1.54 bits per heavy atom. The van der Waals surface area contributed by atoms with Crippen LogP contribution in [-0.2, 0) is 11.2 Å². The van der Waals surface area contributed by atoms with Crippen molar-refractivity contribution in [2.75, 3.05) is 13.7 Å². The van der Waals surface area contributed by atoms with Crippen LogP contribution in [0.3, 0.4) is 0 Å². The maximum absolute atomic E-state index is 4.95. The highest BCUT2D eigenvalue weighted by molar-refractivity contribution is 5.68. The minimum atomic E-state index is 0.660. The van der Waals surface area contributed by atoms with E-state index in [2.05, 4.69) is 19.9 Å². The van der Waals surface area contributed by atoms with E-state index in [-0.39, 0.29) is 0 Å². The molecule has 68 valence electrons. The fourth-order valence-electron chi connectivity index (χ4n) is 1.13. The molecule has 2 heterocycles. The van der Waals surface area contributed by atoms with Crippen molar-refractivity contribution < 1.29 is 4.74 Å². The molecule has 0 aromatic carbocycles. The van der Waals surface area contributed by atoms with Crippen molar-refractivity contribution in [1.82, 2.24) is 19.9 Å². The number of aromatic nitrogens is 4. The second kappa shape index (κ2) is 3.49. The number of hydrogen-bond donors (Lipinski definition) is 1. The van der Waals surface area contributed by atoms with Gasteiger partial charge in [-0.1, -0.05) is 0 Å². The van der Waals surface area contributed by atoms with Crippen molar-refractivity contribution in [2.45, 2.75) is 6.42 Å². The van der Waals surface area contributed by atoms with Crippen molar-refractivity contribution in [2.24, 2.45) is 0 Å². The first-order valence-corrected chi connectivity index (χ1v) is 4.03. The summed E-state index contributed by atoms with van der Waals surface area (Å²) in [6.07, 6.45) is 3.97. The fraction of sp³-hybridized carbons (Fsp3) is 0.375. The monoisotopic (exact) mass is 178 g/mol. The van der Waals surface area contributed by atoms with Crippen LogP contribution in [0.25, 0.3) is 11.2 Å². The van der Waals surface area contributed by atoms with Gasteiger partial charge in [0.1, 0.15) is 17.7 Å². The van der Waals surface area contributed by atoms with E-state index >= 15 is 0 Å². The Labute approximate surface area is 75.2 Å². The lowest BCUT2D eigenvalue weighted by molar-refractivity contribution is 0.201. The summed E-state index contributed by atoms with van der Waals surface area (Å²) in [7, 11) is 1.67. The molecule has 0 aliphatic rings. The summed E-state index contributed by atoms with van der Waals surface area (Å²) < 4.78 is 4.95. The predicted octanol–water partition coefficient (Wildman–Crippen LogP) is 0.542. The molecule has 2 rings (SSSR count). The Morgan fingerprint density at radius 3 is 3.23 bits per heavy atom. The molecular weight excluding hydrogens is 168 g/mol. The van der Waals surface area contributed by atoms with E-state index < -0.39 is 0 Å². The van der Waals surface area contributed by atoms with Gasteiger partial charge in [-0.15, -0.1) is 0 Å². The molecule has 13 heavy (non-hydrogen) atoms. The van der Waals surface area contributed by atoms with Crippen LogP contribution in [0.5, 0.6) is 0 Å². The van der Waals surface area contributed by atoms with E-state index in [9.17, 15) is 0 Å². The zero-order chi connectivity index (χ0) is 9.10. The number of H-pyrrole nitrogens is 1. The molecule has 2 aromatic rings. The van der Waals surface area contributed by atoms with Gasteiger partial charge >= 0.3 is 0 Å². The number of methoxy groups -OCH3 is 1. The topological polar surface area (TPSA) is 63.7 Å². The first-order valence-electron chi connectivity index (χ1n) is 4.03. The van der Waals surface area contributed by atoms with Crippen molar-refractivity contribution >= 4 is 11.2 Å². The van der Waals surface area contributed by atoms with Gasteiger partial charge in [0.05, 0.1) is 12.8 Å². The van der Waals surface area contributed by atoms with E-state index in [1.165, 1.54) is 6.33 Å². The van der Waals surface area contributed by atoms with Crippen LogP contribution >= 0.6 is 0 Å². The molecule has 0 bridgehead atoms. The van der Waals surface area contributed by atoms with Gasteiger partial charge in [0.2, 0.25) is 0 Å². The molecule has 0 aliphatic carbocycles. The Kier molecular flexibility index (Phi) is 2.18. The van der Waals surface area contributed by atoms with E-state index in [1.54, 1.807) is 13.3 Å². The zero-order valence-electron chi connectivity index (χ0n) is 7.32. The van der Waals surface area contributed by atoms with Crippen LogP contribution in [0.4, 0.5) is 0 Å². The van der Waals surface area contributed by atoms with Gasteiger partial charge in [-0.05, 0) is 0 Å². The Bertz CT molecular complexity index is 365. The number of ether oxygens (including phenoxy) is 1. The van der Waals surface area contributed by atoms with Crippen LogP contribution in [-0.4, -0.2) is 33.7 Å². The van der Waals surface area contributed by atoms with Gasteiger partial charge in [0.15, 0.2) is 5.65 Å². The lowest BCUT2D eigenvalue weighted by atomic mass is 10.4. The maximum Gasteiger partial charge on any atom is 0.180 e. The number of nitrogens with one attached hydrogen (secondary N) is 1. The second-order valence-electron chi connectivity index (χ2n) is 2.69. The molecular formula is C8H10N4O. The van der Waals surface area contributed by atoms with Gasteiger partial charge < -0.3 is 9.72 Å². The summed E-state index contributed by atoms with van der Waals surface area (Å²) in [6.45, 7) is 0.660. The highest BCUT2D eigenvalue weighted by Gasteiger charge is 2.01. The first kappa shape index (κ1) is 8.12. The van der Waals surface area contributed by atoms with Crippen LogP contribution in [0.1, 0.15) is 5.82 Å². The molecule has 0 spiro atoms. The summed E-state index contributed by atoms with van der Waals surface area (Å²) in [4.78, 5) is 15.3. The minimum Gasteiger partial charge on any atom is -0.384 e. The summed E-state index contributed by atoms with van der Waals surface area (Å²) in [5.41, 5.74) is 1.58. The van der Waals surface area contributed by atoms with E-state index in [0.717, 1.165) is 17.8 Å². The van der Waals surface area contributed by atoms with Gasteiger partial charge in [0.25, 0.3) is 0 Å². The second-order valence-corrected chi connectivity index (χ2v) is 2.69. The molecule has 1 N–H and O–H groups in total. The molecule has 0 aliphatic heterocycles. The highest BCUT2D eigenvalue weighted by atomic mass is 16.5. The summed E-state index contributed by atoms with van der Waals surface area (Å²) in [5, 5.41) is 0. The number of imidazole rings is 1. The van der Waals surface area contributed by atoms with Crippen molar-refractivity contribution in [1.29, 1.82) is 0 Å². The Morgan fingerprint density at radius 2 is 2.46 bits per heavy atom. The molecule has 0 saturated heterocycles.